The van der Waals surface area contributed by atoms with Gasteiger partial charge in [0.1, 0.15) is 0 Å². The Morgan fingerprint density at radius 2 is 1.62 bits per heavy atom. The zero-order valence-corrected chi connectivity index (χ0v) is 8.79. The van der Waals surface area contributed by atoms with Crippen LogP contribution in [0.5, 0.6) is 0 Å². The highest BCUT2D eigenvalue weighted by Gasteiger charge is 2.42. The van der Waals surface area contributed by atoms with Gasteiger partial charge in [-0.15, -0.1) is 0 Å². The van der Waals surface area contributed by atoms with E-state index in [0.29, 0.717) is 23.9 Å². The third kappa shape index (κ3) is 1.36. The number of likely N-dealkylation sites (tertiary alicyclic amines) is 1. The van der Waals surface area contributed by atoms with E-state index in [1.54, 1.807) is 0 Å². The van der Waals surface area contributed by atoms with Gasteiger partial charge in [0, 0.05) is 18.0 Å². The van der Waals surface area contributed by atoms with E-state index in [9.17, 15) is 4.79 Å². The van der Waals surface area contributed by atoms with Crippen molar-refractivity contribution in [2.45, 2.75) is 52.1 Å². The topological polar surface area (TPSA) is 20.3 Å². The lowest BCUT2D eigenvalue weighted by atomic mass is 9.74. The summed E-state index contributed by atoms with van der Waals surface area (Å²) < 4.78 is 0. The van der Waals surface area contributed by atoms with Gasteiger partial charge in [-0.3, -0.25) is 4.79 Å². The first kappa shape index (κ1) is 9.04. The summed E-state index contributed by atoms with van der Waals surface area (Å²) >= 11 is 0. The molecule has 2 rings (SSSR count). The number of rotatable bonds is 1. The van der Waals surface area contributed by atoms with Gasteiger partial charge in [-0.25, -0.2) is 0 Å². The fraction of sp³-hybridized carbons (Fsp3) is 0.909. The Morgan fingerprint density at radius 1 is 1.08 bits per heavy atom. The minimum absolute atomic E-state index is 0.361. The highest BCUT2D eigenvalue weighted by Crippen LogP contribution is 2.37. The summed E-state index contributed by atoms with van der Waals surface area (Å²) in [6, 6.07) is 0.997. The molecule has 1 aliphatic heterocycles. The second kappa shape index (κ2) is 3.00. The van der Waals surface area contributed by atoms with Crippen LogP contribution < -0.4 is 0 Å². The van der Waals surface area contributed by atoms with Crippen molar-refractivity contribution in [3.05, 3.63) is 0 Å². The van der Waals surface area contributed by atoms with Crippen molar-refractivity contribution in [1.82, 2.24) is 4.90 Å². The fourth-order valence-corrected chi connectivity index (χ4v) is 2.77. The predicted octanol–water partition coefficient (Wildman–Crippen LogP) is 2.04. The molecular formula is C11H19NO. The van der Waals surface area contributed by atoms with Gasteiger partial charge < -0.3 is 4.90 Å². The predicted molar refractivity (Wildman–Crippen MR) is 52.3 cm³/mol. The number of carbonyl (C=O) groups excluding carboxylic acids is 1. The van der Waals surface area contributed by atoms with E-state index in [1.165, 1.54) is 6.42 Å². The molecule has 0 N–H and O–H groups in total. The van der Waals surface area contributed by atoms with Crippen LogP contribution in [0.15, 0.2) is 0 Å². The quantitative estimate of drug-likeness (QED) is 0.606. The summed E-state index contributed by atoms with van der Waals surface area (Å²) in [6.45, 7) is 6.53. The molecule has 0 aromatic rings. The molecule has 1 aliphatic carbocycles. The van der Waals surface area contributed by atoms with Gasteiger partial charge in [-0.1, -0.05) is 6.92 Å². The molecule has 2 unspecified atom stereocenters. The van der Waals surface area contributed by atoms with Crippen LogP contribution in [0.1, 0.15) is 40.0 Å². The molecule has 1 heterocycles. The number of hydrogen-bond acceptors (Lipinski definition) is 1. The molecule has 0 aromatic heterocycles. The molecule has 2 nitrogen and oxygen atoms in total. The summed E-state index contributed by atoms with van der Waals surface area (Å²) in [4.78, 5) is 14.0. The largest absolute Gasteiger partial charge is 0.337 e. The van der Waals surface area contributed by atoms with Gasteiger partial charge in [-0.05, 0) is 39.0 Å². The molecule has 1 amide bonds. The summed E-state index contributed by atoms with van der Waals surface area (Å²) in [5.74, 6) is 1.56. The zero-order valence-electron chi connectivity index (χ0n) is 8.79. The molecular weight excluding hydrogens is 162 g/mol. The van der Waals surface area contributed by atoms with Gasteiger partial charge in [-0.2, -0.15) is 0 Å². The molecule has 0 bridgehead atoms. The van der Waals surface area contributed by atoms with E-state index < -0.39 is 0 Å². The van der Waals surface area contributed by atoms with Gasteiger partial charge in [0.15, 0.2) is 0 Å². The van der Waals surface area contributed by atoms with Crippen molar-refractivity contribution in [2.24, 2.45) is 11.8 Å². The van der Waals surface area contributed by atoms with E-state index in [1.807, 2.05) is 0 Å². The summed E-state index contributed by atoms with van der Waals surface area (Å²) in [7, 11) is 0. The maximum atomic E-state index is 11.9. The molecule has 1 saturated carbocycles. The van der Waals surface area contributed by atoms with E-state index in [-0.39, 0.29) is 0 Å². The Bertz CT molecular complexity index is 212. The third-order valence-electron chi connectivity index (χ3n) is 3.61. The van der Waals surface area contributed by atoms with Crippen molar-refractivity contribution in [1.29, 1.82) is 0 Å². The first-order chi connectivity index (χ1) is 6.09. The average Bonchev–Trinajstić information content (AvgIpc) is 1.98. The second-order valence-corrected chi connectivity index (χ2v) is 4.95. The number of amides is 1. The van der Waals surface area contributed by atoms with Gasteiger partial charge in [0.2, 0.25) is 5.91 Å². The molecule has 0 aromatic carbocycles. The summed E-state index contributed by atoms with van der Waals surface area (Å²) in [6.07, 6.45) is 3.43. The van der Waals surface area contributed by atoms with Crippen LogP contribution in [0, 0.1) is 11.8 Å². The molecule has 13 heavy (non-hydrogen) atoms. The monoisotopic (exact) mass is 181 g/mol. The van der Waals surface area contributed by atoms with E-state index >= 15 is 0 Å². The van der Waals surface area contributed by atoms with Crippen molar-refractivity contribution in [2.75, 3.05) is 0 Å². The maximum Gasteiger partial charge on any atom is 0.226 e. The highest BCUT2D eigenvalue weighted by molar-refractivity contribution is 5.81. The van der Waals surface area contributed by atoms with E-state index in [0.717, 1.165) is 18.8 Å². The van der Waals surface area contributed by atoms with E-state index in [4.69, 9.17) is 0 Å². The maximum absolute atomic E-state index is 11.9. The molecule has 74 valence electrons. The number of carbonyl (C=O) groups is 1. The van der Waals surface area contributed by atoms with Gasteiger partial charge >= 0.3 is 0 Å². The lowest BCUT2D eigenvalue weighted by Crippen LogP contribution is -2.58. The van der Waals surface area contributed by atoms with Crippen LogP contribution in [-0.4, -0.2) is 22.9 Å². The second-order valence-electron chi connectivity index (χ2n) is 4.95. The van der Waals surface area contributed by atoms with Crippen molar-refractivity contribution >= 4 is 5.91 Å². The van der Waals surface area contributed by atoms with Crippen LogP contribution in [0.3, 0.4) is 0 Å². The summed E-state index contributed by atoms with van der Waals surface area (Å²) in [5, 5.41) is 0. The Morgan fingerprint density at radius 3 is 2.00 bits per heavy atom. The molecule has 0 spiro atoms. The minimum Gasteiger partial charge on any atom is -0.337 e. The van der Waals surface area contributed by atoms with Gasteiger partial charge in [0.25, 0.3) is 0 Å². The Labute approximate surface area is 80.3 Å². The van der Waals surface area contributed by atoms with Crippen LogP contribution in [0.25, 0.3) is 0 Å². The molecule has 1 saturated heterocycles. The van der Waals surface area contributed by atoms with Gasteiger partial charge in [0.05, 0.1) is 0 Å². The Hall–Kier alpha value is -0.530. The Balaban J connectivity index is 1.90. The standard InChI is InChI=1S/C11H19NO/c1-7-4-10(5-7)11(13)12-8(2)6-9(12)3/h7-10H,4-6H2,1-3H3. The van der Waals surface area contributed by atoms with Crippen LogP contribution in [0.4, 0.5) is 0 Å². The molecule has 2 heteroatoms. The Kier molecular flexibility index (Phi) is 2.09. The van der Waals surface area contributed by atoms with Crippen LogP contribution in [-0.2, 0) is 4.79 Å². The lowest BCUT2D eigenvalue weighted by Gasteiger charge is -2.49. The fourth-order valence-electron chi connectivity index (χ4n) is 2.77. The van der Waals surface area contributed by atoms with Crippen molar-refractivity contribution < 1.29 is 4.79 Å². The lowest BCUT2D eigenvalue weighted by molar-refractivity contribution is -0.151. The highest BCUT2D eigenvalue weighted by atomic mass is 16.2. The molecule has 2 fully saturated rings. The van der Waals surface area contributed by atoms with Crippen molar-refractivity contribution in [3.8, 4) is 0 Å². The molecule has 2 atom stereocenters. The zero-order chi connectivity index (χ0) is 9.59. The average molecular weight is 181 g/mol. The van der Waals surface area contributed by atoms with Crippen molar-refractivity contribution in [3.63, 3.8) is 0 Å². The SMILES string of the molecule is CC1CC(C(=O)N2C(C)CC2C)C1. The first-order valence-electron chi connectivity index (χ1n) is 5.41. The third-order valence-corrected chi connectivity index (χ3v) is 3.61. The first-order valence-corrected chi connectivity index (χ1v) is 5.41. The molecule has 0 radical (unpaired) electrons. The van der Waals surface area contributed by atoms with Crippen LogP contribution >= 0.6 is 0 Å². The van der Waals surface area contributed by atoms with Crippen LogP contribution in [0.2, 0.25) is 0 Å². The minimum atomic E-state index is 0.361. The number of nitrogens with zero attached hydrogens (tertiary/aromatic N) is 1. The van der Waals surface area contributed by atoms with E-state index in [2.05, 4.69) is 25.7 Å². The normalized spacial score (nSPS) is 43.8. The molecule has 2 aliphatic rings. The smallest absolute Gasteiger partial charge is 0.226 e. The number of hydrogen-bond donors (Lipinski definition) is 0. The summed E-state index contributed by atoms with van der Waals surface area (Å²) in [5.41, 5.74) is 0.